The van der Waals surface area contributed by atoms with Gasteiger partial charge in [0.1, 0.15) is 11.6 Å². The molecule has 0 fully saturated rings. The molecule has 5 nitrogen and oxygen atoms in total. The molecule has 2 N–H and O–H groups in total. The summed E-state index contributed by atoms with van der Waals surface area (Å²) in [6.07, 6.45) is 0.347. The van der Waals surface area contributed by atoms with E-state index < -0.39 is 0 Å². The molecule has 0 aliphatic carbocycles. The Labute approximate surface area is 154 Å². The average molecular weight is 389 g/mol. The number of ether oxygens (including phenoxy) is 1. The van der Waals surface area contributed by atoms with Gasteiger partial charge in [0.2, 0.25) is 0 Å². The highest BCUT2D eigenvalue weighted by Gasteiger charge is 2.12. The molecule has 1 aromatic heterocycles. The molecule has 0 amide bonds. The van der Waals surface area contributed by atoms with Crippen molar-refractivity contribution in [1.82, 2.24) is 15.5 Å². The number of rotatable bonds is 6. The molecule has 2 rings (SSSR count). The maximum absolute atomic E-state index is 13.9. The van der Waals surface area contributed by atoms with E-state index >= 15 is 0 Å². The lowest BCUT2D eigenvalue weighted by Crippen LogP contribution is -2.30. The van der Waals surface area contributed by atoms with Crippen LogP contribution in [0, 0.1) is 5.82 Å². The lowest BCUT2D eigenvalue weighted by atomic mass is 10.1. The Morgan fingerprint density at radius 3 is 2.71 bits per heavy atom. The van der Waals surface area contributed by atoms with E-state index in [1.165, 1.54) is 12.1 Å². The van der Waals surface area contributed by atoms with E-state index in [1.54, 1.807) is 12.1 Å². The van der Waals surface area contributed by atoms with Crippen LogP contribution in [0.15, 0.2) is 24.3 Å². The van der Waals surface area contributed by atoms with Crippen LogP contribution < -0.4 is 15.4 Å². The molecule has 128 valence electrons. The van der Waals surface area contributed by atoms with Crippen LogP contribution in [0.1, 0.15) is 12.5 Å². The summed E-state index contributed by atoms with van der Waals surface area (Å²) >= 11 is 17.0. The van der Waals surface area contributed by atoms with E-state index in [0.29, 0.717) is 47.0 Å². The summed E-state index contributed by atoms with van der Waals surface area (Å²) < 4.78 is 19.3. The number of nitrogens with zero attached hydrogens (tertiary/aromatic N) is 2. The first-order valence-corrected chi connectivity index (χ1v) is 8.31. The fourth-order valence-electron chi connectivity index (χ4n) is 1.92. The first kappa shape index (κ1) is 18.6. The second kappa shape index (κ2) is 8.96. The van der Waals surface area contributed by atoms with E-state index in [-0.39, 0.29) is 10.8 Å². The molecule has 0 saturated heterocycles. The molecule has 1 aromatic carbocycles. The number of benzene rings is 1. The molecule has 0 unspecified atom stereocenters. The van der Waals surface area contributed by atoms with Crippen LogP contribution in [0.3, 0.4) is 0 Å². The van der Waals surface area contributed by atoms with E-state index in [0.717, 1.165) is 0 Å². The van der Waals surface area contributed by atoms with Crippen LogP contribution in [0.5, 0.6) is 5.75 Å². The Balaban J connectivity index is 1.90. The molecular formula is C15H15Cl2FN4OS. The summed E-state index contributed by atoms with van der Waals surface area (Å²) in [7, 11) is 0. The first-order valence-electron chi connectivity index (χ1n) is 7.15. The second-order valence-electron chi connectivity index (χ2n) is 4.64. The van der Waals surface area contributed by atoms with Crippen molar-refractivity contribution in [2.75, 3.05) is 18.5 Å². The molecule has 0 radical (unpaired) electrons. The molecule has 0 saturated carbocycles. The summed E-state index contributed by atoms with van der Waals surface area (Å²) in [5.74, 6) is 0.542. The Kier molecular flexibility index (Phi) is 6.96. The van der Waals surface area contributed by atoms with Crippen LogP contribution in [0.2, 0.25) is 10.2 Å². The third kappa shape index (κ3) is 5.15. The van der Waals surface area contributed by atoms with Gasteiger partial charge in [0, 0.05) is 12.1 Å². The van der Waals surface area contributed by atoms with Crippen molar-refractivity contribution in [3.05, 3.63) is 45.8 Å². The number of nitrogens with one attached hydrogen (secondary N) is 2. The van der Waals surface area contributed by atoms with Gasteiger partial charge in [-0.05, 0) is 49.8 Å². The van der Waals surface area contributed by atoms with Gasteiger partial charge in [0.05, 0.1) is 11.6 Å². The van der Waals surface area contributed by atoms with Crippen molar-refractivity contribution in [2.24, 2.45) is 0 Å². The third-order valence-corrected chi connectivity index (χ3v) is 3.85. The number of hydrogen-bond acceptors (Lipinski definition) is 4. The highest BCUT2D eigenvalue weighted by atomic mass is 35.5. The summed E-state index contributed by atoms with van der Waals surface area (Å²) in [5.41, 5.74) is 0.379. The Bertz CT molecular complexity index is 715. The molecule has 0 spiro atoms. The predicted octanol–water partition coefficient (Wildman–Crippen LogP) is 3.85. The predicted molar refractivity (Wildman–Crippen MR) is 97.5 cm³/mol. The van der Waals surface area contributed by atoms with Gasteiger partial charge in [-0.1, -0.05) is 23.2 Å². The normalized spacial score (nSPS) is 10.3. The van der Waals surface area contributed by atoms with Crippen LogP contribution >= 0.6 is 35.4 Å². The van der Waals surface area contributed by atoms with Gasteiger partial charge in [-0.2, -0.15) is 0 Å². The molecule has 2 aromatic rings. The Morgan fingerprint density at radius 2 is 2.04 bits per heavy atom. The number of halogens is 3. The van der Waals surface area contributed by atoms with Gasteiger partial charge in [-0.3, -0.25) is 0 Å². The van der Waals surface area contributed by atoms with Crippen molar-refractivity contribution in [1.29, 1.82) is 0 Å². The minimum atomic E-state index is -0.382. The minimum absolute atomic E-state index is 0.279. The monoisotopic (exact) mass is 388 g/mol. The fourth-order valence-corrected chi connectivity index (χ4v) is 2.53. The van der Waals surface area contributed by atoms with Crippen molar-refractivity contribution in [3.8, 4) is 5.75 Å². The van der Waals surface area contributed by atoms with Crippen LogP contribution in [0.25, 0.3) is 0 Å². The van der Waals surface area contributed by atoms with Gasteiger partial charge in [0.15, 0.2) is 16.1 Å². The molecule has 1 heterocycles. The van der Waals surface area contributed by atoms with Gasteiger partial charge in [-0.25, -0.2) is 4.39 Å². The minimum Gasteiger partial charge on any atom is -0.492 e. The molecule has 0 aliphatic rings. The van der Waals surface area contributed by atoms with Gasteiger partial charge >= 0.3 is 0 Å². The highest BCUT2D eigenvalue weighted by molar-refractivity contribution is 7.80. The molecule has 9 heteroatoms. The van der Waals surface area contributed by atoms with Crippen molar-refractivity contribution in [2.45, 2.75) is 13.3 Å². The van der Waals surface area contributed by atoms with E-state index in [1.807, 2.05) is 6.92 Å². The number of anilines is 1. The molecule has 0 aliphatic heterocycles. The molecule has 24 heavy (non-hydrogen) atoms. The van der Waals surface area contributed by atoms with Gasteiger partial charge < -0.3 is 15.4 Å². The van der Waals surface area contributed by atoms with E-state index in [4.69, 9.17) is 40.2 Å². The molecule has 0 atom stereocenters. The maximum atomic E-state index is 13.9. The summed E-state index contributed by atoms with van der Waals surface area (Å²) in [5, 5.41) is 14.2. The Morgan fingerprint density at radius 1 is 1.25 bits per heavy atom. The second-order valence-corrected chi connectivity index (χ2v) is 5.82. The summed E-state index contributed by atoms with van der Waals surface area (Å²) in [4.78, 5) is 0. The van der Waals surface area contributed by atoms with Crippen LogP contribution in [-0.2, 0) is 6.42 Å². The largest absolute Gasteiger partial charge is 0.492 e. The zero-order valence-corrected chi connectivity index (χ0v) is 15.1. The highest BCUT2D eigenvalue weighted by Crippen LogP contribution is 2.30. The average Bonchev–Trinajstić information content (AvgIpc) is 2.55. The maximum Gasteiger partial charge on any atom is 0.172 e. The van der Waals surface area contributed by atoms with E-state index in [2.05, 4.69) is 20.8 Å². The topological polar surface area (TPSA) is 59.1 Å². The number of aromatic nitrogens is 2. The summed E-state index contributed by atoms with van der Waals surface area (Å²) in [6.45, 7) is 2.68. The van der Waals surface area contributed by atoms with Crippen LogP contribution in [0.4, 0.5) is 10.2 Å². The van der Waals surface area contributed by atoms with Crippen molar-refractivity contribution in [3.63, 3.8) is 0 Å². The Hall–Kier alpha value is -1.70. The van der Waals surface area contributed by atoms with E-state index in [9.17, 15) is 4.39 Å². The molecule has 0 bridgehead atoms. The van der Waals surface area contributed by atoms with Crippen LogP contribution in [-0.4, -0.2) is 28.5 Å². The number of thiocarbonyl (C=S) groups is 1. The number of hydrogen-bond donors (Lipinski definition) is 2. The first-order chi connectivity index (χ1) is 11.5. The van der Waals surface area contributed by atoms with Crippen molar-refractivity contribution < 1.29 is 9.13 Å². The van der Waals surface area contributed by atoms with Crippen molar-refractivity contribution >= 4 is 46.4 Å². The standard InChI is InChI=1S/C15H15Cl2FN4OS/c1-2-23-11-4-3-10(18)9(14(11)17)7-8-19-15(24)20-13-6-5-12(16)21-22-13/h3-6H,2,7-8H2,1H3,(H2,19,20,22,24). The smallest absolute Gasteiger partial charge is 0.172 e. The van der Waals surface area contributed by atoms with Gasteiger partial charge in [-0.15, -0.1) is 10.2 Å². The molecular weight excluding hydrogens is 374 g/mol. The summed E-state index contributed by atoms with van der Waals surface area (Å²) in [6, 6.07) is 6.09. The zero-order valence-electron chi connectivity index (χ0n) is 12.8. The zero-order chi connectivity index (χ0) is 17.5. The lowest BCUT2D eigenvalue weighted by molar-refractivity contribution is 0.339. The fraction of sp³-hybridized carbons (Fsp3) is 0.267. The quantitative estimate of drug-likeness (QED) is 0.732. The SMILES string of the molecule is CCOc1ccc(F)c(CCNC(=S)Nc2ccc(Cl)nn2)c1Cl. The lowest BCUT2D eigenvalue weighted by Gasteiger charge is -2.13. The third-order valence-electron chi connectivity index (χ3n) is 2.98. The van der Waals surface area contributed by atoms with Gasteiger partial charge in [0.25, 0.3) is 0 Å².